The molecule has 96 valence electrons. The zero-order chi connectivity index (χ0) is 13.1. The molecule has 1 atom stereocenters. The Morgan fingerprint density at radius 3 is 2.61 bits per heavy atom. The average Bonchev–Trinajstić information content (AvgIpc) is 2.27. The summed E-state index contributed by atoms with van der Waals surface area (Å²) >= 11 is 0. The third-order valence-electron chi connectivity index (χ3n) is 2.53. The Hall–Kier alpha value is -1.95. The van der Waals surface area contributed by atoms with Gasteiger partial charge >= 0.3 is 18.4 Å². The number of carbonyl (C=O) groups is 2. The third-order valence-corrected chi connectivity index (χ3v) is 2.53. The monoisotopic (exact) mass is 250 g/mol. The highest BCUT2D eigenvalue weighted by atomic mass is 16.7. The molecular weight excluding hydrogens is 236 g/mol. The van der Waals surface area contributed by atoms with Crippen LogP contribution in [0.3, 0.4) is 0 Å². The summed E-state index contributed by atoms with van der Waals surface area (Å²) < 4.78 is 9.75. The molecule has 6 heteroatoms. The van der Waals surface area contributed by atoms with E-state index in [2.05, 4.69) is 10.3 Å². The van der Waals surface area contributed by atoms with Gasteiger partial charge in [0.25, 0.3) is 0 Å². The van der Waals surface area contributed by atoms with Crippen LogP contribution in [0.4, 0.5) is 0 Å². The molecule has 1 fully saturated rings. The molecule has 18 heavy (non-hydrogen) atoms. The number of ether oxygens (including phenoxy) is 2. The molecule has 2 heterocycles. The maximum Gasteiger partial charge on any atom is 0.321 e. The summed E-state index contributed by atoms with van der Waals surface area (Å²) in [5.74, 6) is -1.20. The summed E-state index contributed by atoms with van der Waals surface area (Å²) in [6, 6.07) is 0. The lowest BCUT2D eigenvalue weighted by molar-refractivity contribution is -0.209. The number of aliphatic imine (C=N–C) groups is 1. The molecule has 0 radical (unpaired) electrons. The number of rotatable bonds is 2. The number of hydrogen-bond acceptors (Lipinski definition) is 6. The SMILES string of the molecule is CC(C)=C1C=CC=NC1NC1OC(=O)CC(=O)O1. The van der Waals surface area contributed by atoms with Crippen LogP contribution in [0.5, 0.6) is 0 Å². The van der Waals surface area contributed by atoms with Gasteiger partial charge in [-0.25, -0.2) is 5.32 Å². The van der Waals surface area contributed by atoms with Crippen molar-refractivity contribution in [1.82, 2.24) is 5.32 Å². The van der Waals surface area contributed by atoms with Crippen LogP contribution < -0.4 is 5.32 Å². The topological polar surface area (TPSA) is 77.0 Å². The number of nitrogens with one attached hydrogen (secondary N) is 1. The van der Waals surface area contributed by atoms with Gasteiger partial charge in [-0.05, 0) is 25.5 Å². The molecular formula is C12H14N2O4. The van der Waals surface area contributed by atoms with Crippen molar-refractivity contribution in [3.05, 3.63) is 23.3 Å². The highest BCUT2D eigenvalue weighted by Crippen LogP contribution is 2.16. The summed E-state index contributed by atoms with van der Waals surface area (Å²) in [4.78, 5) is 26.4. The van der Waals surface area contributed by atoms with Gasteiger partial charge in [0.1, 0.15) is 12.6 Å². The highest BCUT2D eigenvalue weighted by molar-refractivity contribution is 5.92. The van der Waals surface area contributed by atoms with Crippen LogP contribution >= 0.6 is 0 Å². The molecule has 2 aliphatic rings. The van der Waals surface area contributed by atoms with Gasteiger partial charge in [0.15, 0.2) is 0 Å². The minimum absolute atomic E-state index is 0.346. The molecule has 0 bridgehead atoms. The summed E-state index contributed by atoms with van der Waals surface area (Å²) in [6.07, 6.45) is 3.55. The van der Waals surface area contributed by atoms with E-state index in [1.807, 2.05) is 26.0 Å². The molecule has 0 amide bonds. The van der Waals surface area contributed by atoms with Crippen molar-refractivity contribution in [3.8, 4) is 0 Å². The van der Waals surface area contributed by atoms with Crippen molar-refractivity contribution < 1.29 is 19.1 Å². The molecule has 6 nitrogen and oxygen atoms in total. The van der Waals surface area contributed by atoms with Gasteiger partial charge in [-0.15, -0.1) is 0 Å². The van der Waals surface area contributed by atoms with E-state index in [4.69, 9.17) is 9.47 Å². The second-order valence-electron chi connectivity index (χ2n) is 4.17. The van der Waals surface area contributed by atoms with Gasteiger partial charge in [-0.1, -0.05) is 11.6 Å². The fourth-order valence-corrected chi connectivity index (χ4v) is 1.69. The lowest BCUT2D eigenvalue weighted by Crippen LogP contribution is -2.47. The van der Waals surface area contributed by atoms with E-state index in [-0.39, 0.29) is 12.6 Å². The standard InChI is InChI=1S/C12H14N2O4/c1-7(2)8-4-3-5-13-11(8)14-12-17-9(15)6-10(16)18-12/h3-5,11-12,14H,6H2,1-2H3. The molecule has 1 saturated heterocycles. The van der Waals surface area contributed by atoms with Crippen molar-refractivity contribution in [2.45, 2.75) is 32.8 Å². The second-order valence-corrected chi connectivity index (χ2v) is 4.17. The number of esters is 2. The van der Waals surface area contributed by atoms with Gasteiger partial charge in [0.2, 0.25) is 0 Å². The van der Waals surface area contributed by atoms with Crippen molar-refractivity contribution in [3.63, 3.8) is 0 Å². The molecule has 0 aromatic heterocycles. The Bertz CT molecular complexity index is 445. The van der Waals surface area contributed by atoms with Crippen LogP contribution in [0, 0.1) is 0 Å². The number of hydrogen-bond donors (Lipinski definition) is 1. The molecule has 2 aliphatic heterocycles. The van der Waals surface area contributed by atoms with Gasteiger partial charge in [0, 0.05) is 6.21 Å². The van der Waals surface area contributed by atoms with Crippen LogP contribution in [-0.4, -0.2) is 30.7 Å². The number of nitrogens with zero attached hydrogens (tertiary/aromatic N) is 1. The maximum atomic E-state index is 11.1. The lowest BCUT2D eigenvalue weighted by Gasteiger charge is -2.27. The molecule has 0 saturated carbocycles. The molecule has 1 N–H and O–H groups in total. The summed E-state index contributed by atoms with van der Waals surface area (Å²) in [5.41, 5.74) is 2.03. The number of dihydropyridines is 1. The molecule has 0 aromatic rings. The van der Waals surface area contributed by atoms with Gasteiger partial charge < -0.3 is 9.47 Å². The Morgan fingerprint density at radius 2 is 2.00 bits per heavy atom. The quantitative estimate of drug-likeness (QED) is 0.575. The first-order chi connectivity index (χ1) is 8.56. The van der Waals surface area contributed by atoms with E-state index < -0.39 is 18.4 Å². The van der Waals surface area contributed by atoms with Gasteiger partial charge in [0.05, 0.1) is 0 Å². The summed E-state index contributed by atoms with van der Waals surface area (Å²) in [6.45, 7) is 3.90. The van der Waals surface area contributed by atoms with Crippen molar-refractivity contribution in [1.29, 1.82) is 0 Å². The van der Waals surface area contributed by atoms with Gasteiger partial charge in [-0.3, -0.25) is 14.6 Å². The van der Waals surface area contributed by atoms with Crippen molar-refractivity contribution in [2.75, 3.05) is 0 Å². The van der Waals surface area contributed by atoms with Crippen LogP contribution in [-0.2, 0) is 19.1 Å². The van der Waals surface area contributed by atoms with Crippen LogP contribution in [0.25, 0.3) is 0 Å². The van der Waals surface area contributed by atoms with Crippen molar-refractivity contribution in [2.24, 2.45) is 4.99 Å². The maximum absolute atomic E-state index is 11.1. The summed E-state index contributed by atoms with van der Waals surface area (Å²) in [7, 11) is 0. The first-order valence-electron chi connectivity index (χ1n) is 5.58. The Kier molecular flexibility index (Phi) is 3.57. The van der Waals surface area contributed by atoms with E-state index >= 15 is 0 Å². The smallest absolute Gasteiger partial charge is 0.321 e. The Labute approximate surface area is 104 Å². The first-order valence-corrected chi connectivity index (χ1v) is 5.58. The second kappa shape index (κ2) is 5.14. The normalized spacial score (nSPS) is 23.9. The van der Waals surface area contributed by atoms with E-state index in [9.17, 15) is 9.59 Å². The molecule has 2 rings (SSSR count). The van der Waals surface area contributed by atoms with Crippen LogP contribution in [0.2, 0.25) is 0 Å². The Morgan fingerprint density at radius 1 is 1.33 bits per heavy atom. The zero-order valence-electron chi connectivity index (χ0n) is 10.2. The predicted octanol–water partition coefficient (Wildman–Crippen LogP) is 0.653. The fraction of sp³-hybridized carbons (Fsp3) is 0.417. The number of cyclic esters (lactones) is 2. The Balaban J connectivity index is 2.07. The van der Waals surface area contributed by atoms with E-state index in [0.717, 1.165) is 11.1 Å². The molecule has 0 aliphatic carbocycles. The minimum Gasteiger partial charge on any atom is -0.410 e. The van der Waals surface area contributed by atoms with E-state index in [0.29, 0.717) is 0 Å². The largest absolute Gasteiger partial charge is 0.410 e. The van der Waals surface area contributed by atoms with E-state index in [1.54, 1.807) is 6.21 Å². The fourth-order valence-electron chi connectivity index (χ4n) is 1.69. The predicted molar refractivity (Wildman–Crippen MR) is 63.5 cm³/mol. The summed E-state index contributed by atoms with van der Waals surface area (Å²) in [5, 5.41) is 2.86. The zero-order valence-corrected chi connectivity index (χ0v) is 10.2. The first kappa shape index (κ1) is 12.5. The number of carbonyl (C=O) groups excluding carboxylic acids is 2. The van der Waals surface area contributed by atoms with Crippen molar-refractivity contribution >= 4 is 18.2 Å². The molecule has 0 spiro atoms. The van der Waals surface area contributed by atoms with Crippen LogP contribution in [0.15, 0.2) is 28.3 Å². The van der Waals surface area contributed by atoms with E-state index in [1.165, 1.54) is 0 Å². The third kappa shape index (κ3) is 2.84. The molecule has 0 aromatic carbocycles. The number of allylic oxidation sites excluding steroid dienone is 2. The molecule has 1 unspecified atom stereocenters. The average molecular weight is 250 g/mol. The van der Waals surface area contributed by atoms with Crippen LogP contribution in [0.1, 0.15) is 20.3 Å². The van der Waals surface area contributed by atoms with Gasteiger partial charge in [-0.2, -0.15) is 0 Å². The minimum atomic E-state index is -1.08. The lowest BCUT2D eigenvalue weighted by atomic mass is 10.1. The highest BCUT2D eigenvalue weighted by Gasteiger charge is 2.30.